The molecule has 0 atom stereocenters. The molecule has 0 spiro atoms. The van der Waals surface area contributed by atoms with Crippen LogP contribution in [0.15, 0.2) is 52.2 Å². The molecule has 0 aliphatic carbocycles. The summed E-state index contributed by atoms with van der Waals surface area (Å²) in [6, 6.07) is 11.7. The zero-order chi connectivity index (χ0) is 13.0. The molecule has 2 N–H and O–H groups in total. The number of thioether (sulfide) groups is 1. The number of aromatic nitrogens is 1. The minimum absolute atomic E-state index is 0.153. The van der Waals surface area contributed by atoms with Crippen LogP contribution < -0.4 is 5.56 Å². The summed E-state index contributed by atoms with van der Waals surface area (Å²) < 4.78 is 0. The van der Waals surface area contributed by atoms with Gasteiger partial charge >= 0.3 is 5.97 Å². The van der Waals surface area contributed by atoms with Gasteiger partial charge in [-0.2, -0.15) is 0 Å². The van der Waals surface area contributed by atoms with Crippen LogP contribution in [0.2, 0.25) is 0 Å². The molecule has 1 heterocycles. The molecule has 1 aromatic heterocycles. The minimum Gasteiger partial charge on any atom is -0.478 e. The van der Waals surface area contributed by atoms with E-state index in [2.05, 4.69) is 4.98 Å². The van der Waals surface area contributed by atoms with Gasteiger partial charge in [0.25, 0.3) is 0 Å². The van der Waals surface area contributed by atoms with Crippen LogP contribution in [-0.2, 0) is 5.75 Å². The molecule has 0 saturated carbocycles. The van der Waals surface area contributed by atoms with Crippen molar-refractivity contribution >= 4 is 17.7 Å². The molecular weight excluding hydrogens is 250 g/mol. The molecule has 18 heavy (non-hydrogen) atoms. The van der Waals surface area contributed by atoms with Crippen LogP contribution in [0.5, 0.6) is 0 Å². The highest BCUT2D eigenvalue weighted by Gasteiger charge is 2.09. The average Bonchev–Trinajstić information content (AvgIpc) is 2.37. The number of carbonyl (C=O) groups is 1. The van der Waals surface area contributed by atoms with Gasteiger partial charge in [-0.25, -0.2) is 4.79 Å². The second kappa shape index (κ2) is 5.55. The van der Waals surface area contributed by atoms with Crippen molar-refractivity contribution in [2.45, 2.75) is 10.6 Å². The second-order valence-corrected chi connectivity index (χ2v) is 4.65. The van der Waals surface area contributed by atoms with Gasteiger partial charge in [-0.05, 0) is 18.2 Å². The van der Waals surface area contributed by atoms with Crippen LogP contribution in [0.4, 0.5) is 0 Å². The largest absolute Gasteiger partial charge is 0.478 e. The summed E-state index contributed by atoms with van der Waals surface area (Å²) in [6.07, 6.45) is 0. The van der Waals surface area contributed by atoms with Crippen LogP contribution in [0.1, 0.15) is 16.1 Å². The number of carboxylic acids is 1. The summed E-state index contributed by atoms with van der Waals surface area (Å²) in [5, 5.41) is 9.04. The summed E-state index contributed by atoms with van der Waals surface area (Å²) >= 11 is 1.39. The summed E-state index contributed by atoms with van der Waals surface area (Å²) in [7, 11) is 0. The van der Waals surface area contributed by atoms with Gasteiger partial charge in [-0.1, -0.05) is 18.2 Å². The van der Waals surface area contributed by atoms with E-state index in [9.17, 15) is 9.59 Å². The van der Waals surface area contributed by atoms with Crippen LogP contribution in [0.3, 0.4) is 0 Å². The number of carboxylic acid groups (broad SMARTS) is 1. The summed E-state index contributed by atoms with van der Waals surface area (Å²) in [5.74, 6) is -0.417. The van der Waals surface area contributed by atoms with E-state index in [-0.39, 0.29) is 11.1 Å². The molecular formula is C13H11NO3S. The number of nitrogens with one attached hydrogen (secondary N) is 1. The lowest BCUT2D eigenvalue weighted by Crippen LogP contribution is -2.05. The molecule has 92 valence electrons. The number of hydrogen-bond acceptors (Lipinski definition) is 3. The van der Waals surface area contributed by atoms with Gasteiger partial charge in [0.2, 0.25) is 5.56 Å². The van der Waals surface area contributed by atoms with Crippen molar-refractivity contribution < 1.29 is 9.90 Å². The van der Waals surface area contributed by atoms with Gasteiger partial charge in [-0.15, -0.1) is 11.8 Å². The summed E-state index contributed by atoms with van der Waals surface area (Å²) in [5.41, 5.74) is 0.896. The quantitative estimate of drug-likeness (QED) is 0.829. The number of H-pyrrole nitrogens is 1. The first-order chi connectivity index (χ1) is 8.66. The number of rotatable bonds is 4. The molecule has 0 aliphatic heterocycles. The molecule has 0 aliphatic rings. The SMILES string of the molecule is O=C(O)c1ccccc1SCc1cccc(=O)[nH]1. The highest BCUT2D eigenvalue weighted by atomic mass is 32.2. The Morgan fingerprint density at radius 2 is 1.94 bits per heavy atom. The monoisotopic (exact) mass is 261 g/mol. The van der Waals surface area contributed by atoms with Crippen molar-refractivity contribution in [1.29, 1.82) is 0 Å². The molecule has 2 rings (SSSR count). The summed E-state index contributed by atoms with van der Waals surface area (Å²) in [4.78, 5) is 25.5. The fourth-order valence-corrected chi connectivity index (χ4v) is 2.47. The zero-order valence-corrected chi connectivity index (χ0v) is 10.2. The molecule has 0 fully saturated rings. The third-order valence-corrected chi connectivity index (χ3v) is 3.45. The Morgan fingerprint density at radius 3 is 2.67 bits per heavy atom. The summed E-state index contributed by atoms with van der Waals surface area (Å²) in [6.45, 7) is 0. The predicted molar refractivity (Wildman–Crippen MR) is 70.0 cm³/mol. The molecule has 0 bridgehead atoms. The fraction of sp³-hybridized carbons (Fsp3) is 0.0769. The highest BCUT2D eigenvalue weighted by Crippen LogP contribution is 2.25. The van der Waals surface area contributed by atoms with Crippen LogP contribution in [0, 0.1) is 0 Å². The lowest BCUT2D eigenvalue weighted by Gasteiger charge is -2.05. The highest BCUT2D eigenvalue weighted by molar-refractivity contribution is 7.98. The van der Waals surface area contributed by atoms with E-state index >= 15 is 0 Å². The van der Waals surface area contributed by atoms with Crippen molar-refractivity contribution in [1.82, 2.24) is 4.98 Å². The number of hydrogen-bond donors (Lipinski definition) is 2. The standard InChI is InChI=1S/C13H11NO3S/c15-12-7-3-4-9(14-12)8-18-11-6-2-1-5-10(11)13(16)17/h1-7H,8H2,(H,14,15)(H,16,17). The van der Waals surface area contributed by atoms with Crippen molar-refractivity contribution in [3.8, 4) is 0 Å². The van der Waals surface area contributed by atoms with E-state index < -0.39 is 5.97 Å². The van der Waals surface area contributed by atoms with Gasteiger partial charge in [0.05, 0.1) is 5.56 Å². The predicted octanol–water partition coefficient (Wildman–Crippen LogP) is 2.37. The van der Waals surface area contributed by atoms with E-state index in [1.807, 2.05) is 0 Å². The molecule has 0 unspecified atom stereocenters. The van der Waals surface area contributed by atoms with Crippen molar-refractivity contribution in [2.75, 3.05) is 0 Å². The first kappa shape index (κ1) is 12.4. The Labute approximate surface area is 108 Å². The van der Waals surface area contributed by atoms with Gasteiger partial charge in [0, 0.05) is 22.4 Å². The van der Waals surface area contributed by atoms with Crippen molar-refractivity contribution in [3.63, 3.8) is 0 Å². The Morgan fingerprint density at radius 1 is 1.17 bits per heavy atom. The van der Waals surface area contributed by atoms with Crippen molar-refractivity contribution in [2.24, 2.45) is 0 Å². The van der Waals surface area contributed by atoms with E-state index in [0.29, 0.717) is 10.6 Å². The first-order valence-corrected chi connectivity index (χ1v) is 6.29. The third-order valence-electron chi connectivity index (χ3n) is 2.33. The molecule has 0 radical (unpaired) electrons. The average molecular weight is 261 g/mol. The van der Waals surface area contributed by atoms with Gasteiger partial charge < -0.3 is 10.1 Å². The molecule has 2 aromatic rings. The smallest absolute Gasteiger partial charge is 0.336 e. The number of aromatic amines is 1. The lowest BCUT2D eigenvalue weighted by molar-refractivity contribution is 0.0693. The van der Waals surface area contributed by atoms with Crippen molar-refractivity contribution in [3.05, 3.63) is 64.1 Å². The Kier molecular flexibility index (Phi) is 3.84. The minimum atomic E-state index is -0.945. The maximum atomic E-state index is 11.1. The fourth-order valence-electron chi connectivity index (χ4n) is 1.50. The van der Waals surface area contributed by atoms with Crippen LogP contribution >= 0.6 is 11.8 Å². The molecule has 5 heteroatoms. The number of pyridine rings is 1. The van der Waals surface area contributed by atoms with E-state index in [4.69, 9.17) is 5.11 Å². The normalized spacial score (nSPS) is 10.2. The molecule has 1 aromatic carbocycles. The van der Waals surface area contributed by atoms with Gasteiger partial charge in [0.15, 0.2) is 0 Å². The maximum absolute atomic E-state index is 11.1. The molecule has 0 saturated heterocycles. The zero-order valence-electron chi connectivity index (χ0n) is 9.42. The Balaban J connectivity index is 2.16. The maximum Gasteiger partial charge on any atom is 0.336 e. The number of aromatic carboxylic acids is 1. The topological polar surface area (TPSA) is 70.2 Å². The number of benzene rings is 1. The molecule has 0 amide bonds. The van der Waals surface area contributed by atoms with E-state index in [1.165, 1.54) is 17.8 Å². The Bertz CT molecular complexity index is 621. The van der Waals surface area contributed by atoms with Crippen LogP contribution in [-0.4, -0.2) is 16.1 Å². The third kappa shape index (κ3) is 3.01. The van der Waals surface area contributed by atoms with E-state index in [0.717, 1.165) is 5.69 Å². The lowest BCUT2D eigenvalue weighted by atomic mass is 10.2. The molecule has 4 nitrogen and oxygen atoms in total. The van der Waals surface area contributed by atoms with Gasteiger partial charge in [0.1, 0.15) is 0 Å². The first-order valence-electron chi connectivity index (χ1n) is 5.30. The Hall–Kier alpha value is -2.01. The van der Waals surface area contributed by atoms with Crippen LogP contribution in [0.25, 0.3) is 0 Å². The second-order valence-electron chi connectivity index (χ2n) is 3.63. The van der Waals surface area contributed by atoms with Gasteiger partial charge in [-0.3, -0.25) is 4.79 Å². The van der Waals surface area contributed by atoms with E-state index in [1.54, 1.807) is 36.4 Å².